The van der Waals surface area contributed by atoms with Crippen LogP contribution in [0.2, 0.25) is 0 Å². The van der Waals surface area contributed by atoms with Gasteiger partial charge in [0.05, 0.1) is 13.0 Å². The van der Waals surface area contributed by atoms with Gasteiger partial charge in [-0.2, -0.15) is 0 Å². The van der Waals surface area contributed by atoms with Crippen LogP contribution in [0.3, 0.4) is 0 Å². The molecule has 7 heteroatoms. The Balaban J connectivity index is 1.34. The van der Waals surface area contributed by atoms with Crippen LogP contribution >= 0.6 is 0 Å². The number of anilines is 1. The van der Waals surface area contributed by atoms with Gasteiger partial charge in [-0.3, -0.25) is 14.4 Å². The summed E-state index contributed by atoms with van der Waals surface area (Å²) in [4.78, 5) is 43.3. The van der Waals surface area contributed by atoms with Crippen molar-refractivity contribution >= 4 is 23.4 Å². The summed E-state index contributed by atoms with van der Waals surface area (Å²) in [5, 5.41) is 0. The molecule has 2 aliphatic heterocycles. The fourth-order valence-electron chi connectivity index (χ4n) is 4.04. The predicted octanol–water partition coefficient (Wildman–Crippen LogP) is 2.03. The molecule has 2 saturated heterocycles. The second-order valence-electron chi connectivity index (χ2n) is 7.59. The Labute approximate surface area is 175 Å². The van der Waals surface area contributed by atoms with Crippen LogP contribution in [0.1, 0.15) is 16.8 Å². The smallest absolute Gasteiger partial charge is 0.253 e. The van der Waals surface area contributed by atoms with E-state index in [-0.39, 0.29) is 30.1 Å². The van der Waals surface area contributed by atoms with E-state index in [9.17, 15) is 14.4 Å². The Morgan fingerprint density at radius 2 is 1.53 bits per heavy atom. The molecular formula is C23H25N3O4. The van der Waals surface area contributed by atoms with E-state index in [1.165, 1.54) is 0 Å². The third-order valence-electron chi connectivity index (χ3n) is 5.76. The molecule has 30 heavy (non-hydrogen) atoms. The van der Waals surface area contributed by atoms with Gasteiger partial charge in [-0.1, -0.05) is 18.2 Å². The van der Waals surface area contributed by atoms with Crippen molar-refractivity contribution in [3.05, 3.63) is 60.2 Å². The van der Waals surface area contributed by atoms with Crippen molar-refractivity contribution in [2.75, 3.05) is 44.7 Å². The van der Waals surface area contributed by atoms with Gasteiger partial charge in [0, 0.05) is 50.4 Å². The average Bonchev–Trinajstić information content (AvgIpc) is 3.20. The lowest BCUT2D eigenvalue weighted by atomic mass is 10.1. The molecule has 0 N–H and O–H groups in total. The van der Waals surface area contributed by atoms with Gasteiger partial charge in [0.2, 0.25) is 11.8 Å². The van der Waals surface area contributed by atoms with Crippen molar-refractivity contribution in [1.82, 2.24) is 9.80 Å². The number of carbonyl (C=O) groups excluding carboxylic acids is 3. The second-order valence-corrected chi connectivity index (χ2v) is 7.59. The van der Waals surface area contributed by atoms with Crippen LogP contribution in [0.25, 0.3) is 0 Å². The molecule has 0 saturated carbocycles. The summed E-state index contributed by atoms with van der Waals surface area (Å²) >= 11 is 0. The molecule has 0 radical (unpaired) electrons. The van der Waals surface area contributed by atoms with Crippen molar-refractivity contribution in [3.63, 3.8) is 0 Å². The summed E-state index contributed by atoms with van der Waals surface area (Å²) < 4.78 is 5.16. The number of ether oxygens (including phenoxy) is 1. The monoisotopic (exact) mass is 407 g/mol. The zero-order valence-corrected chi connectivity index (χ0v) is 17.0. The van der Waals surface area contributed by atoms with Crippen LogP contribution in [0, 0.1) is 5.92 Å². The van der Waals surface area contributed by atoms with E-state index < -0.39 is 0 Å². The number of nitrogens with zero attached hydrogens (tertiary/aromatic N) is 3. The van der Waals surface area contributed by atoms with Gasteiger partial charge >= 0.3 is 0 Å². The highest BCUT2D eigenvalue weighted by Crippen LogP contribution is 2.28. The Hall–Kier alpha value is -3.35. The molecule has 2 heterocycles. The summed E-state index contributed by atoms with van der Waals surface area (Å²) in [5.74, 6) is 0.309. The standard InChI is InChI=1S/C23H25N3O4/c1-30-20-9-7-19(8-10-20)26-16-18(15-21(26)27)23(29)25-13-11-24(12-14-25)22(28)17-5-3-2-4-6-17/h2-10,18H,11-16H2,1H3. The van der Waals surface area contributed by atoms with E-state index in [2.05, 4.69) is 0 Å². The summed E-state index contributed by atoms with van der Waals surface area (Å²) in [5.41, 5.74) is 1.43. The van der Waals surface area contributed by atoms with Crippen LogP contribution in [-0.4, -0.2) is 67.4 Å². The maximum atomic E-state index is 13.0. The van der Waals surface area contributed by atoms with E-state index in [0.717, 1.165) is 11.4 Å². The molecule has 1 unspecified atom stereocenters. The Morgan fingerprint density at radius 3 is 2.17 bits per heavy atom. The number of carbonyl (C=O) groups is 3. The third kappa shape index (κ3) is 4.01. The summed E-state index contributed by atoms with van der Waals surface area (Å²) in [7, 11) is 1.60. The average molecular weight is 407 g/mol. The van der Waals surface area contributed by atoms with Crippen molar-refractivity contribution in [2.45, 2.75) is 6.42 Å². The molecule has 2 aliphatic rings. The highest BCUT2D eigenvalue weighted by atomic mass is 16.5. The van der Waals surface area contributed by atoms with Crippen molar-refractivity contribution < 1.29 is 19.1 Å². The van der Waals surface area contributed by atoms with E-state index in [4.69, 9.17) is 4.74 Å². The molecule has 2 aromatic carbocycles. The van der Waals surface area contributed by atoms with Gasteiger partial charge < -0.3 is 19.4 Å². The van der Waals surface area contributed by atoms with Crippen LogP contribution in [0.15, 0.2) is 54.6 Å². The van der Waals surface area contributed by atoms with Gasteiger partial charge in [-0.15, -0.1) is 0 Å². The van der Waals surface area contributed by atoms with Gasteiger partial charge in [0.1, 0.15) is 5.75 Å². The number of rotatable bonds is 4. The molecule has 0 bridgehead atoms. The van der Waals surface area contributed by atoms with E-state index in [1.54, 1.807) is 46.1 Å². The van der Waals surface area contributed by atoms with E-state index >= 15 is 0 Å². The zero-order chi connectivity index (χ0) is 21.1. The first-order valence-electron chi connectivity index (χ1n) is 10.1. The van der Waals surface area contributed by atoms with Gasteiger partial charge in [-0.05, 0) is 36.4 Å². The summed E-state index contributed by atoms with van der Waals surface area (Å²) in [6.45, 7) is 2.37. The highest BCUT2D eigenvalue weighted by Gasteiger charge is 2.38. The summed E-state index contributed by atoms with van der Waals surface area (Å²) in [6, 6.07) is 16.5. The molecule has 3 amide bonds. The molecule has 2 aromatic rings. The lowest BCUT2D eigenvalue weighted by Gasteiger charge is -2.36. The van der Waals surface area contributed by atoms with Crippen LogP contribution < -0.4 is 9.64 Å². The van der Waals surface area contributed by atoms with Crippen LogP contribution in [-0.2, 0) is 9.59 Å². The van der Waals surface area contributed by atoms with Crippen molar-refractivity contribution in [1.29, 1.82) is 0 Å². The number of methoxy groups -OCH3 is 1. The lowest BCUT2D eigenvalue weighted by Crippen LogP contribution is -2.52. The number of benzene rings is 2. The minimum absolute atomic E-state index is 0.00817. The fourth-order valence-corrected chi connectivity index (χ4v) is 4.04. The largest absolute Gasteiger partial charge is 0.497 e. The molecular weight excluding hydrogens is 382 g/mol. The fraction of sp³-hybridized carbons (Fsp3) is 0.348. The first kappa shape index (κ1) is 19.9. The van der Waals surface area contributed by atoms with Gasteiger partial charge in [0.15, 0.2) is 0 Å². The molecule has 0 spiro atoms. The molecule has 0 aliphatic carbocycles. The molecule has 1 atom stereocenters. The molecule has 4 rings (SSSR count). The first-order chi connectivity index (χ1) is 14.6. The van der Waals surface area contributed by atoms with Crippen molar-refractivity contribution in [2.24, 2.45) is 5.92 Å². The highest BCUT2D eigenvalue weighted by molar-refractivity contribution is 6.00. The number of amides is 3. The number of hydrogen-bond donors (Lipinski definition) is 0. The van der Waals surface area contributed by atoms with E-state index in [0.29, 0.717) is 38.3 Å². The topological polar surface area (TPSA) is 70.2 Å². The first-order valence-corrected chi connectivity index (χ1v) is 10.1. The van der Waals surface area contributed by atoms with Gasteiger partial charge in [-0.25, -0.2) is 0 Å². The second kappa shape index (κ2) is 8.57. The predicted molar refractivity (Wildman–Crippen MR) is 112 cm³/mol. The Bertz CT molecular complexity index is 921. The zero-order valence-electron chi connectivity index (χ0n) is 17.0. The minimum atomic E-state index is -0.351. The van der Waals surface area contributed by atoms with Crippen molar-refractivity contribution in [3.8, 4) is 5.75 Å². The lowest BCUT2D eigenvalue weighted by molar-refractivity contribution is -0.137. The molecule has 156 valence electrons. The molecule has 2 fully saturated rings. The number of hydrogen-bond acceptors (Lipinski definition) is 4. The Kier molecular flexibility index (Phi) is 5.70. The molecule has 7 nitrogen and oxygen atoms in total. The normalized spacial score (nSPS) is 19.2. The number of piperazine rings is 1. The third-order valence-corrected chi connectivity index (χ3v) is 5.76. The maximum absolute atomic E-state index is 13.0. The molecule has 0 aromatic heterocycles. The van der Waals surface area contributed by atoms with Crippen LogP contribution in [0.5, 0.6) is 5.75 Å². The maximum Gasteiger partial charge on any atom is 0.253 e. The SMILES string of the molecule is COc1ccc(N2CC(C(=O)N3CCN(C(=O)c4ccccc4)CC3)CC2=O)cc1. The summed E-state index contributed by atoms with van der Waals surface area (Å²) in [6.07, 6.45) is 0.216. The quantitative estimate of drug-likeness (QED) is 0.778. The van der Waals surface area contributed by atoms with E-state index in [1.807, 2.05) is 30.3 Å². The minimum Gasteiger partial charge on any atom is -0.497 e. The van der Waals surface area contributed by atoms with Crippen LogP contribution in [0.4, 0.5) is 5.69 Å². The van der Waals surface area contributed by atoms with Gasteiger partial charge in [0.25, 0.3) is 5.91 Å². The Morgan fingerprint density at radius 1 is 0.900 bits per heavy atom.